The fourth-order valence-electron chi connectivity index (χ4n) is 2.71. The minimum absolute atomic E-state index is 0.0351. The molecule has 0 amide bonds. The van der Waals surface area contributed by atoms with E-state index < -0.39 is 20.0 Å². The van der Waals surface area contributed by atoms with Crippen LogP contribution in [0.15, 0.2) is 76.5 Å². The molecule has 2 N–H and O–H groups in total. The second kappa shape index (κ2) is 8.18. The van der Waals surface area contributed by atoms with Crippen LogP contribution in [0.2, 0.25) is 0 Å². The van der Waals surface area contributed by atoms with Crippen molar-refractivity contribution in [1.82, 2.24) is 0 Å². The third-order valence-corrected chi connectivity index (χ3v) is 7.09. The smallest absolute Gasteiger partial charge is 0.261 e. The lowest BCUT2D eigenvalue weighted by atomic mass is 10.2. The van der Waals surface area contributed by atoms with Crippen LogP contribution in [0, 0.1) is 25.2 Å². The summed E-state index contributed by atoms with van der Waals surface area (Å²) in [4.78, 5) is -0.112. The topological polar surface area (TPSA) is 116 Å². The number of aryl methyl sites for hydroxylation is 2. The maximum absolute atomic E-state index is 12.8. The average Bonchev–Trinajstić information content (AvgIpc) is 2.69. The summed E-state index contributed by atoms with van der Waals surface area (Å²) >= 11 is 0. The van der Waals surface area contributed by atoms with Crippen LogP contribution in [0.5, 0.6) is 0 Å². The monoisotopic (exact) mass is 441 g/mol. The first kappa shape index (κ1) is 21.4. The third kappa shape index (κ3) is 4.79. The highest BCUT2D eigenvalue weighted by molar-refractivity contribution is 7.93. The summed E-state index contributed by atoms with van der Waals surface area (Å²) in [5.74, 6) is 0. The predicted octanol–water partition coefficient (Wildman–Crippen LogP) is 3.78. The van der Waals surface area contributed by atoms with E-state index in [2.05, 4.69) is 9.44 Å². The Hall–Kier alpha value is -3.35. The van der Waals surface area contributed by atoms with Gasteiger partial charge in [-0.2, -0.15) is 5.26 Å². The molecule has 0 aliphatic heterocycles. The maximum Gasteiger partial charge on any atom is 0.261 e. The van der Waals surface area contributed by atoms with Gasteiger partial charge in [-0.25, -0.2) is 16.8 Å². The molecule has 0 aliphatic rings. The molecule has 0 bridgehead atoms. The summed E-state index contributed by atoms with van der Waals surface area (Å²) in [5.41, 5.74) is 2.35. The summed E-state index contributed by atoms with van der Waals surface area (Å²) in [6, 6.07) is 18.5. The lowest BCUT2D eigenvalue weighted by Gasteiger charge is -2.14. The van der Waals surface area contributed by atoms with Crippen molar-refractivity contribution in [2.45, 2.75) is 23.6 Å². The van der Waals surface area contributed by atoms with Gasteiger partial charge in [0.25, 0.3) is 20.0 Å². The zero-order valence-electron chi connectivity index (χ0n) is 16.2. The molecule has 0 saturated heterocycles. The SMILES string of the molecule is Cc1cccc(NS(=O)(=O)c2ccc(C)c(NS(=O)(=O)c3ccc(C#N)cc3)c2)c1. The Labute approximate surface area is 176 Å². The Morgan fingerprint density at radius 1 is 0.767 bits per heavy atom. The number of nitrogens with zero attached hydrogens (tertiary/aromatic N) is 1. The van der Waals surface area contributed by atoms with Gasteiger partial charge in [-0.15, -0.1) is 0 Å². The fourth-order valence-corrected chi connectivity index (χ4v) is 4.91. The largest absolute Gasteiger partial charge is 0.280 e. The van der Waals surface area contributed by atoms with E-state index in [0.717, 1.165) is 5.56 Å². The molecule has 9 heteroatoms. The van der Waals surface area contributed by atoms with Gasteiger partial charge in [-0.05, 0) is 73.5 Å². The lowest BCUT2D eigenvalue weighted by Crippen LogP contribution is -2.16. The van der Waals surface area contributed by atoms with Crippen LogP contribution in [0.4, 0.5) is 11.4 Å². The second-order valence-corrected chi connectivity index (χ2v) is 10.1. The summed E-state index contributed by atoms with van der Waals surface area (Å²) in [6.45, 7) is 3.51. The summed E-state index contributed by atoms with van der Waals surface area (Å²) in [7, 11) is -7.88. The zero-order valence-corrected chi connectivity index (χ0v) is 17.9. The maximum atomic E-state index is 12.8. The molecule has 0 fully saturated rings. The van der Waals surface area contributed by atoms with E-state index in [-0.39, 0.29) is 15.5 Å². The van der Waals surface area contributed by atoms with Crippen molar-refractivity contribution >= 4 is 31.4 Å². The van der Waals surface area contributed by atoms with Crippen LogP contribution in [0.1, 0.15) is 16.7 Å². The quantitative estimate of drug-likeness (QED) is 0.604. The fraction of sp³-hybridized carbons (Fsp3) is 0.0952. The molecule has 0 saturated carbocycles. The van der Waals surface area contributed by atoms with Gasteiger partial charge in [-0.1, -0.05) is 18.2 Å². The summed E-state index contributed by atoms with van der Waals surface area (Å²) < 4.78 is 55.8. The van der Waals surface area contributed by atoms with Crippen molar-refractivity contribution in [1.29, 1.82) is 5.26 Å². The zero-order chi connectivity index (χ0) is 21.9. The van der Waals surface area contributed by atoms with Gasteiger partial charge in [-0.3, -0.25) is 9.44 Å². The number of nitriles is 1. The highest BCUT2D eigenvalue weighted by atomic mass is 32.2. The molecule has 30 heavy (non-hydrogen) atoms. The highest BCUT2D eigenvalue weighted by Crippen LogP contribution is 2.25. The first-order chi connectivity index (χ1) is 14.1. The number of rotatable bonds is 6. The van der Waals surface area contributed by atoms with Crippen molar-refractivity contribution in [3.63, 3.8) is 0 Å². The van der Waals surface area contributed by atoms with Crippen LogP contribution in [0.25, 0.3) is 0 Å². The van der Waals surface area contributed by atoms with Crippen LogP contribution >= 0.6 is 0 Å². The molecule has 3 rings (SSSR count). The Bertz CT molecular complexity index is 1340. The van der Waals surface area contributed by atoms with E-state index >= 15 is 0 Å². The van der Waals surface area contributed by atoms with Crippen LogP contribution < -0.4 is 9.44 Å². The van der Waals surface area contributed by atoms with Crippen molar-refractivity contribution in [2.75, 3.05) is 9.44 Å². The number of benzene rings is 3. The first-order valence-corrected chi connectivity index (χ1v) is 11.8. The Balaban J connectivity index is 1.92. The van der Waals surface area contributed by atoms with Gasteiger partial charge in [0, 0.05) is 5.69 Å². The number of hydrogen-bond donors (Lipinski definition) is 2. The molecule has 3 aromatic rings. The van der Waals surface area contributed by atoms with Crippen LogP contribution in [0.3, 0.4) is 0 Å². The molecule has 0 atom stereocenters. The van der Waals surface area contributed by atoms with Gasteiger partial charge < -0.3 is 0 Å². The minimum atomic E-state index is -3.96. The van der Waals surface area contributed by atoms with Crippen molar-refractivity contribution in [3.8, 4) is 6.07 Å². The molecular formula is C21H19N3O4S2. The Morgan fingerprint density at radius 2 is 1.40 bits per heavy atom. The molecule has 0 spiro atoms. The Kier molecular flexibility index (Phi) is 5.82. The molecule has 0 unspecified atom stereocenters. The van der Waals surface area contributed by atoms with Crippen LogP contribution in [-0.2, 0) is 20.0 Å². The summed E-state index contributed by atoms with van der Waals surface area (Å²) in [5, 5.41) is 8.85. The molecule has 0 heterocycles. The predicted molar refractivity (Wildman–Crippen MR) is 115 cm³/mol. The number of anilines is 2. The van der Waals surface area contributed by atoms with Crippen molar-refractivity contribution in [3.05, 3.63) is 83.4 Å². The number of sulfonamides is 2. The summed E-state index contributed by atoms with van der Waals surface area (Å²) in [6.07, 6.45) is 0. The molecule has 7 nitrogen and oxygen atoms in total. The molecule has 0 aliphatic carbocycles. The third-order valence-electron chi connectivity index (χ3n) is 4.33. The first-order valence-electron chi connectivity index (χ1n) is 8.84. The number of nitrogens with one attached hydrogen (secondary N) is 2. The molecule has 154 valence electrons. The van der Waals surface area contributed by atoms with Gasteiger partial charge >= 0.3 is 0 Å². The molecule has 3 aromatic carbocycles. The molecule has 0 radical (unpaired) electrons. The number of hydrogen-bond acceptors (Lipinski definition) is 5. The van der Waals surface area contributed by atoms with Gasteiger partial charge in [0.2, 0.25) is 0 Å². The van der Waals surface area contributed by atoms with E-state index in [0.29, 0.717) is 16.8 Å². The Morgan fingerprint density at radius 3 is 2.03 bits per heavy atom. The van der Waals surface area contributed by atoms with E-state index in [4.69, 9.17) is 5.26 Å². The standard InChI is InChI=1S/C21H19N3O4S2/c1-15-4-3-5-18(12-15)23-30(27,28)20-9-6-16(2)21(13-20)24-29(25,26)19-10-7-17(14-22)8-11-19/h3-13,23-24H,1-2H3. The van der Waals surface area contributed by atoms with E-state index in [1.54, 1.807) is 25.1 Å². The van der Waals surface area contributed by atoms with Crippen molar-refractivity contribution < 1.29 is 16.8 Å². The average molecular weight is 442 g/mol. The molecule has 0 aromatic heterocycles. The minimum Gasteiger partial charge on any atom is -0.280 e. The normalized spacial score (nSPS) is 11.5. The van der Waals surface area contributed by atoms with Gasteiger partial charge in [0.05, 0.1) is 27.1 Å². The van der Waals surface area contributed by atoms with E-state index in [9.17, 15) is 16.8 Å². The van der Waals surface area contributed by atoms with Gasteiger partial charge in [0.1, 0.15) is 0 Å². The van der Waals surface area contributed by atoms with Gasteiger partial charge in [0.15, 0.2) is 0 Å². The second-order valence-electron chi connectivity index (χ2n) is 6.69. The van der Waals surface area contributed by atoms with E-state index in [1.807, 2.05) is 19.1 Å². The highest BCUT2D eigenvalue weighted by Gasteiger charge is 2.19. The van der Waals surface area contributed by atoms with Crippen molar-refractivity contribution in [2.24, 2.45) is 0 Å². The lowest BCUT2D eigenvalue weighted by molar-refractivity contribution is 0.598. The van der Waals surface area contributed by atoms with E-state index in [1.165, 1.54) is 42.5 Å². The van der Waals surface area contributed by atoms with Crippen LogP contribution in [-0.4, -0.2) is 16.8 Å². The molecular weight excluding hydrogens is 422 g/mol.